The monoisotopic (exact) mass is 440 g/mol. The summed E-state index contributed by atoms with van der Waals surface area (Å²) >= 11 is 0. The number of carbonyl (C=O) groups excluding carboxylic acids is 2. The second-order valence-corrected chi connectivity index (χ2v) is 7.77. The summed E-state index contributed by atoms with van der Waals surface area (Å²) in [6, 6.07) is 16.0. The first kappa shape index (κ1) is 23.3. The van der Waals surface area contributed by atoms with E-state index in [2.05, 4.69) is 22.9 Å². The Hall–Kier alpha value is -3.39. The van der Waals surface area contributed by atoms with Crippen LogP contribution in [0.15, 0.2) is 48.5 Å². The first-order valence-corrected chi connectivity index (χ1v) is 10.6. The Morgan fingerprint density at radius 3 is 2.03 bits per heavy atom. The van der Waals surface area contributed by atoms with Crippen LogP contribution in [0, 0.1) is 0 Å². The van der Waals surface area contributed by atoms with E-state index in [0.29, 0.717) is 0 Å². The SMILES string of the molecule is CCC(CC)(NC(=O)OCC1c2ccccc2-c2ccccc21)C(=O)NOC(C)C(=O)O. The summed E-state index contributed by atoms with van der Waals surface area (Å²) in [5.41, 5.74) is 5.28. The predicted octanol–water partition coefficient (Wildman–Crippen LogP) is 3.60. The van der Waals surface area contributed by atoms with E-state index in [4.69, 9.17) is 14.7 Å². The number of hydroxylamine groups is 1. The third kappa shape index (κ3) is 4.60. The Morgan fingerprint density at radius 2 is 1.53 bits per heavy atom. The molecule has 2 aromatic rings. The largest absolute Gasteiger partial charge is 0.479 e. The fourth-order valence-corrected chi connectivity index (χ4v) is 3.92. The van der Waals surface area contributed by atoms with Gasteiger partial charge in [0.15, 0.2) is 6.10 Å². The van der Waals surface area contributed by atoms with Crippen LogP contribution in [0.3, 0.4) is 0 Å². The highest BCUT2D eigenvalue weighted by molar-refractivity contribution is 5.89. The number of hydrogen-bond acceptors (Lipinski definition) is 5. The molecule has 0 spiro atoms. The highest BCUT2D eigenvalue weighted by atomic mass is 16.7. The molecule has 1 aliphatic carbocycles. The zero-order chi connectivity index (χ0) is 23.3. The zero-order valence-electron chi connectivity index (χ0n) is 18.4. The first-order chi connectivity index (χ1) is 15.3. The van der Waals surface area contributed by atoms with Crippen LogP contribution < -0.4 is 10.8 Å². The Kier molecular flexibility index (Phi) is 7.15. The molecule has 1 atom stereocenters. The van der Waals surface area contributed by atoms with Crippen LogP contribution in [-0.4, -0.2) is 41.3 Å². The average molecular weight is 440 g/mol. The number of ether oxygens (including phenoxy) is 1. The van der Waals surface area contributed by atoms with Gasteiger partial charge in [0, 0.05) is 5.92 Å². The van der Waals surface area contributed by atoms with Gasteiger partial charge in [0.2, 0.25) is 0 Å². The van der Waals surface area contributed by atoms with Crippen molar-refractivity contribution in [1.82, 2.24) is 10.8 Å². The normalized spacial score (nSPS) is 13.6. The number of alkyl carbamates (subject to hydrolysis) is 1. The number of carboxylic acids is 1. The third-order valence-corrected chi connectivity index (χ3v) is 6.00. The minimum atomic E-state index is -1.29. The third-order valence-electron chi connectivity index (χ3n) is 6.00. The Bertz CT molecular complexity index is 956. The Labute approximate surface area is 186 Å². The number of carbonyl (C=O) groups is 3. The van der Waals surface area contributed by atoms with E-state index in [1.165, 1.54) is 6.92 Å². The number of aliphatic carboxylic acids is 1. The number of hydrogen-bond donors (Lipinski definition) is 3. The molecule has 1 unspecified atom stereocenters. The number of benzene rings is 2. The molecule has 0 saturated carbocycles. The average Bonchev–Trinajstić information content (AvgIpc) is 3.13. The molecular formula is C24H28N2O6. The standard InChI is InChI=1S/C24H28N2O6/c1-4-24(5-2,22(29)26-32-15(3)21(27)28)25-23(30)31-14-20-18-12-8-6-10-16(18)17-11-7-9-13-19(17)20/h6-13,15,20H,4-5,14H2,1-3H3,(H,25,30)(H,26,29)(H,27,28). The zero-order valence-corrected chi connectivity index (χ0v) is 18.4. The van der Waals surface area contributed by atoms with Crippen molar-refractivity contribution >= 4 is 18.0 Å². The molecule has 0 heterocycles. The van der Waals surface area contributed by atoms with Gasteiger partial charge < -0.3 is 15.2 Å². The van der Waals surface area contributed by atoms with Crippen LogP contribution in [-0.2, 0) is 19.2 Å². The summed E-state index contributed by atoms with van der Waals surface area (Å²) in [6.45, 7) is 4.90. The molecule has 0 saturated heterocycles. The van der Waals surface area contributed by atoms with Gasteiger partial charge >= 0.3 is 12.1 Å². The lowest BCUT2D eigenvalue weighted by atomic mass is 9.92. The van der Waals surface area contributed by atoms with Crippen LogP contribution in [0.4, 0.5) is 4.79 Å². The number of rotatable bonds is 9. The van der Waals surface area contributed by atoms with Crippen molar-refractivity contribution < 1.29 is 29.1 Å². The molecule has 2 aromatic carbocycles. The molecule has 8 nitrogen and oxygen atoms in total. The van der Waals surface area contributed by atoms with Crippen molar-refractivity contribution in [3.8, 4) is 11.1 Å². The second-order valence-electron chi connectivity index (χ2n) is 7.77. The number of fused-ring (bicyclic) bond motifs is 3. The minimum absolute atomic E-state index is 0.0978. The molecule has 170 valence electrons. The van der Waals surface area contributed by atoms with E-state index >= 15 is 0 Å². The molecule has 8 heteroatoms. The number of nitrogens with one attached hydrogen (secondary N) is 2. The smallest absolute Gasteiger partial charge is 0.408 e. The van der Waals surface area contributed by atoms with Crippen molar-refractivity contribution in [2.45, 2.75) is 51.2 Å². The van der Waals surface area contributed by atoms with Gasteiger partial charge in [-0.15, -0.1) is 0 Å². The predicted molar refractivity (Wildman–Crippen MR) is 118 cm³/mol. The lowest BCUT2D eigenvalue weighted by Gasteiger charge is -2.31. The van der Waals surface area contributed by atoms with E-state index in [0.717, 1.165) is 22.3 Å². The number of amides is 2. The molecule has 3 N–H and O–H groups in total. The van der Waals surface area contributed by atoms with Gasteiger partial charge in [-0.05, 0) is 42.0 Å². The van der Waals surface area contributed by atoms with Crippen molar-refractivity contribution in [3.63, 3.8) is 0 Å². The summed E-state index contributed by atoms with van der Waals surface area (Å²) in [7, 11) is 0. The molecule has 3 rings (SSSR count). The van der Waals surface area contributed by atoms with E-state index in [1.807, 2.05) is 36.4 Å². The molecule has 32 heavy (non-hydrogen) atoms. The molecule has 0 bridgehead atoms. The van der Waals surface area contributed by atoms with Crippen LogP contribution in [0.25, 0.3) is 11.1 Å². The quantitative estimate of drug-likeness (QED) is 0.514. The maximum absolute atomic E-state index is 12.7. The fraction of sp³-hybridized carbons (Fsp3) is 0.375. The summed E-state index contributed by atoms with van der Waals surface area (Å²) in [4.78, 5) is 41.1. The summed E-state index contributed by atoms with van der Waals surface area (Å²) in [5, 5.41) is 11.6. The topological polar surface area (TPSA) is 114 Å². The van der Waals surface area contributed by atoms with E-state index in [1.54, 1.807) is 13.8 Å². The van der Waals surface area contributed by atoms with Gasteiger partial charge in [-0.3, -0.25) is 9.63 Å². The summed E-state index contributed by atoms with van der Waals surface area (Å²) in [5.74, 6) is -1.95. The van der Waals surface area contributed by atoms with Gasteiger partial charge in [-0.2, -0.15) is 0 Å². The molecule has 1 aliphatic rings. The Morgan fingerprint density at radius 1 is 1.00 bits per heavy atom. The molecule has 0 fully saturated rings. The van der Waals surface area contributed by atoms with E-state index in [9.17, 15) is 14.4 Å². The Balaban J connectivity index is 1.67. The molecule has 0 aliphatic heterocycles. The lowest BCUT2D eigenvalue weighted by molar-refractivity contribution is -0.161. The van der Waals surface area contributed by atoms with Crippen molar-refractivity contribution in [1.29, 1.82) is 0 Å². The van der Waals surface area contributed by atoms with Gasteiger partial charge in [-0.1, -0.05) is 62.4 Å². The first-order valence-electron chi connectivity index (χ1n) is 10.6. The summed E-state index contributed by atoms with van der Waals surface area (Å²) < 4.78 is 5.55. The van der Waals surface area contributed by atoms with Crippen molar-refractivity contribution in [2.75, 3.05) is 6.61 Å². The fourth-order valence-electron chi connectivity index (χ4n) is 3.92. The van der Waals surface area contributed by atoms with Crippen LogP contribution in [0.5, 0.6) is 0 Å². The minimum Gasteiger partial charge on any atom is -0.479 e. The molecule has 0 radical (unpaired) electrons. The lowest BCUT2D eigenvalue weighted by Crippen LogP contribution is -2.58. The molecule has 0 aromatic heterocycles. The van der Waals surface area contributed by atoms with Crippen LogP contribution >= 0.6 is 0 Å². The second kappa shape index (κ2) is 9.82. The highest BCUT2D eigenvalue weighted by Crippen LogP contribution is 2.44. The van der Waals surface area contributed by atoms with Crippen molar-refractivity contribution in [3.05, 3.63) is 59.7 Å². The van der Waals surface area contributed by atoms with Crippen molar-refractivity contribution in [2.24, 2.45) is 0 Å². The highest BCUT2D eigenvalue weighted by Gasteiger charge is 2.38. The maximum Gasteiger partial charge on any atom is 0.408 e. The summed E-state index contributed by atoms with van der Waals surface area (Å²) in [6.07, 6.45) is -1.41. The van der Waals surface area contributed by atoms with Crippen LogP contribution in [0.1, 0.15) is 50.7 Å². The van der Waals surface area contributed by atoms with Crippen LogP contribution in [0.2, 0.25) is 0 Å². The van der Waals surface area contributed by atoms with E-state index in [-0.39, 0.29) is 25.4 Å². The van der Waals surface area contributed by atoms with E-state index < -0.39 is 29.6 Å². The molecule has 2 amide bonds. The van der Waals surface area contributed by atoms with Gasteiger partial charge in [0.05, 0.1) is 0 Å². The van der Waals surface area contributed by atoms with Gasteiger partial charge in [0.1, 0.15) is 12.1 Å². The van der Waals surface area contributed by atoms with Gasteiger partial charge in [0.25, 0.3) is 5.91 Å². The van der Waals surface area contributed by atoms with Gasteiger partial charge in [-0.25, -0.2) is 15.1 Å². The number of carboxylic acid groups (broad SMARTS) is 1. The maximum atomic E-state index is 12.7. The molecular weight excluding hydrogens is 412 g/mol.